The molecule has 3 amide bonds. The SMILES string of the molecule is CCC(C)[C@H](NC(=O)[C@@H](C[C@H](O)[C@H](COCc1ccccc1)NC(=O)c1cc(C(NCC[C@H](C)c2ccccc2)OCCOC)cc(N(C)S(=O)(=O)O)c1)C(C)C)C(=O)NCc1ccccc1. The van der Waals surface area contributed by atoms with E-state index in [2.05, 4.69) is 40.3 Å². The lowest BCUT2D eigenvalue weighted by Crippen LogP contribution is -2.53. The van der Waals surface area contributed by atoms with Crippen LogP contribution in [0.2, 0.25) is 0 Å². The number of rotatable bonds is 29. The first-order chi connectivity index (χ1) is 32.0. The first-order valence-corrected chi connectivity index (χ1v) is 24.4. The second-order valence-electron chi connectivity index (χ2n) is 17.4. The van der Waals surface area contributed by atoms with E-state index in [4.69, 9.17) is 14.2 Å². The average Bonchev–Trinajstić information content (AvgIpc) is 3.32. The first kappa shape index (κ1) is 54.4. The zero-order valence-electron chi connectivity index (χ0n) is 39.9. The Hall–Kier alpha value is -5.20. The molecule has 0 aliphatic rings. The van der Waals surface area contributed by atoms with Crippen LogP contribution in [0.5, 0.6) is 0 Å². The van der Waals surface area contributed by atoms with E-state index >= 15 is 0 Å². The van der Waals surface area contributed by atoms with Gasteiger partial charge in [-0.2, -0.15) is 8.42 Å². The summed E-state index contributed by atoms with van der Waals surface area (Å²) in [6, 6.07) is 31.4. The quantitative estimate of drug-likeness (QED) is 0.0196. The van der Waals surface area contributed by atoms with E-state index in [9.17, 15) is 32.5 Å². The standard InChI is InChI=1S/C51H71N5O10S/c1-8-36(4)47(50(60)53-32-38-18-12-9-13-19-38)55-49(59)44(35(2)3)31-46(57)45(34-65-33-39-20-14-10-15-21-39)54-48(58)41-28-42(30-43(29-41)56(6)67(61,62)63)51(66-27-26-64-7)52-25-24-37(5)40-22-16-11-17-23-40/h9-23,28-30,35-37,44-47,51-52,57H,8,24-27,31-34H2,1-7H3,(H,53,60)(H,54,58)(H,55,59)(H,61,62,63)/t36?,37-,44-,45-,46-,47-,51?/m0/s1. The van der Waals surface area contributed by atoms with Crippen LogP contribution in [0.25, 0.3) is 0 Å². The monoisotopic (exact) mass is 945 g/mol. The Bertz CT molecular complexity index is 2220. The molecule has 4 aromatic rings. The van der Waals surface area contributed by atoms with Gasteiger partial charge in [0.1, 0.15) is 12.3 Å². The normalized spacial score (nSPS) is 14.8. The summed E-state index contributed by atoms with van der Waals surface area (Å²) >= 11 is 0. The van der Waals surface area contributed by atoms with Crippen LogP contribution in [-0.2, 0) is 47.3 Å². The molecule has 0 saturated heterocycles. The Kier molecular flexibility index (Phi) is 22.4. The van der Waals surface area contributed by atoms with Crippen LogP contribution in [0.4, 0.5) is 5.69 Å². The van der Waals surface area contributed by atoms with Gasteiger partial charge in [0.2, 0.25) is 11.8 Å². The molecule has 0 heterocycles. The number of carbonyl (C=O) groups is 3. The molecule has 4 rings (SSSR count). The molecule has 2 unspecified atom stereocenters. The summed E-state index contributed by atoms with van der Waals surface area (Å²) < 4.78 is 53.2. The van der Waals surface area contributed by atoms with E-state index in [1.807, 2.05) is 107 Å². The minimum absolute atomic E-state index is 0.000817. The maximum absolute atomic E-state index is 14.4. The molecule has 0 aromatic heterocycles. The second kappa shape index (κ2) is 27.6. The van der Waals surface area contributed by atoms with Crippen molar-refractivity contribution >= 4 is 33.7 Å². The Morgan fingerprint density at radius 3 is 2.01 bits per heavy atom. The number of amides is 3. The summed E-state index contributed by atoms with van der Waals surface area (Å²) in [5.74, 6) is -2.49. The minimum atomic E-state index is -4.77. The summed E-state index contributed by atoms with van der Waals surface area (Å²) in [4.78, 5) is 42.1. The van der Waals surface area contributed by atoms with E-state index in [0.717, 1.165) is 24.6 Å². The lowest BCUT2D eigenvalue weighted by molar-refractivity contribution is -0.134. The highest BCUT2D eigenvalue weighted by Gasteiger charge is 2.34. The van der Waals surface area contributed by atoms with Gasteiger partial charge in [-0.3, -0.25) is 28.6 Å². The Labute approximate surface area is 397 Å². The van der Waals surface area contributed by atoms with Crippen molar-refractivity contribution in [2.75, 3.05) is 44.8 Å². The van der Waals surface area contributed by atoms with Crippen LogP contribution < -0.4 is 25.6 Å². The van der Waals surface area contributed by atoms with Crippen molar-refractivity contribution in [3.8, 4) is 0 Å². The summed E-state index contributed by atoms with van der Waals surface area (Å²) in [5.41, 5.74) is 3.30. The van der Waals surface area contributed by atoms with Crippen LogP contribution in [0.1, 0.15) is 98.6 Å². The van der Waals surface area contributed by atoms with Gasteiger partial charge in [-0.05, 0) is 77.6 Å². The molecule has 0 bridgehead atoms. The number of hydrogen-bond donors (Lipinski definition) is 6. The van der Waals surface area contributed by atoms with Crippen LogP contribution in [0, 0.1) is 17.8 Å². The number of ether oxygens (including phenoxy) is 3. The number of hydrogen-bond acceptors (Lipinski definition) is 10. The molecule has 4 aromatic carbocycles. The fourth-order valence-corrected chi connectivity index (χ4v) is 7.85. The van der Waals surface area contributed by atoms with Crippen molar-refractivity contribution in [1.29, 1.82) is 0 Å². The van der Waals surface area contributed by atoms with E-state index in [1.165, 1.54) is 24.8 Å². The van der Waals surface area contributed by atoms with Gasteiger partial charge in [-0.15, -0.1) is 0 Å². The molecule has 7 atom stereocenters. The molecule has 0 aliphatic carbocycles. The zero-order valence-corrected chi connectivity index (χ0v) is 40.7. The van der Waals surface area contributed by atoms with Crippen molar-refractivity contribution < 1.29 is 46.7 Å². The number of carbonyl (C=O) groups excluding carboxylic acids is 3. The van der Waals surface area contributed by atoms with E-state index in [1.54, 1.807) is 6.07 Å². The average molecular weight is 946 g/mol. The third-order valence-corrected chi connectivity index (χ3v) is 12.9. The number of aliphatic hydroxyl groups is 1. The maximum Gasteiger partial charge on any atom is 0.359 e. The first-order valence-electron chi connectivity index (χ1n) is 23.0. The van der Waals surface area contributed by atoms with Crippen LogP contribution in [0.15, 0.2) is 109 Å². The number of nitrogens with one attached hydrogen (secondary N) is 4. The molecule has 6 N–H and O–H groups in total. The smallest absolute Gasteiger partial charge is 0.359 e. The lowest BCUT2D eigenvalue weighted by Gasteiger charge is -2.31. The number of aliphatic hydroxyl groups excluding tert-OH is 1. The van der Waals surface area contributed by atoms with Crippen molar-refractivity contribution in [1.82, 2.24) is 21.3 Å². The lowest BCUT2D eigenvalue weighted by atomic mass is 9.86. The van der Waals surface area contributed by atoms with Crippen molar-refractivity contribution in [2.24, 2.45) is 17.8 Å². The highest BCUT2D eigenvalue weighted by atomic mass is 32.2. The number of nitrogens with zero attached hydrogens (tertiary/aromatic N) is 1. The maximum atomic E-state index is 14.4. The fraction of sp³-hybridized carbons (Fsp3) is 0.471. The van der Waals surface area contributed by atoms with Gasteiger partial charge in [0.15, 0.2) is 0 Å². The molecule has 67 heavy (non-hydrogen) atoms. The Morgan fingerprint density at radius 1 is 0.791 bits per heavy atom. The predicted molar refractivity (Wildman–Crippen MR) is 260 cm³/mol. The summed E-state index contributed by atoms with van der Waals surface area (Å²) in [5, 5.41) is 24.2. The Morgan fingerprint density at radius 2 is 1.42 bits per heavy atom. The summed E-state index contributed by atoms with van der Waals surface area (Å²) in [6.45, 7) is 10.9. The van der Waals surface area contributed by atoms with Crippen molar-refractivity contribution in [3.05, 3.63) is 137 Å². The summed E-state index contributed by atoms with van der Waals surface area (Å²) in [7, 11) is -2.07. The largest absolute Gasteiger partial charge is 0.391 e. The highest BCUT2D eigenvalue weighted by molar-refractivity contribution is 7.87. The van der Waals surface area contributed by atoms with Gasteiger partial charge in [0.25, 0.3) is 5.91 Å². The third kappa shape index (κ3) is 17.8. The van der Waals surface area contributed by atoms with E-state index in [-0.39, 0.29) is 67.8 Å². The molecular weight excluding hydrogens is 875 g/mol. The molecule has 0 fully saturated rings. The predicted octanol–water partition coefficient (Wildman–Crippen LogP) is 6.56. The minimum Gasteiger partial charge on any atom is -0.391 e. The van der Waals surface area contributed by atoms with Gasteiger partial charge in [-0.1, -0.05) is 132 Å². The van der Waals surface area contributed by atoms with Crippen LogP contribution in [-0.4, -0.2) is 94.5 Å². The van der Waals surface area contributed by atoms with Gasteiger partial charge in [0.05, 0.1) is 44.3 Å². The van der Waals surface area contributed by atoms with Crippen molar-refractivity contribution in [2.45, 2.75) is 97.4 Å². The Balaban J connectivity index is 1.62. The van der Waals surface area contributed by atoms with Gasteiger partial charge in [-0.25, -0.2) is 0 Å². The number of methoxy groups -OCH3 is 1. The fourth-order valence-electron chi connectivity index (χ4n) is 7.48. The highest BCUT2D eigenvalue weighted by Crippen LogP contribution is 2.27. The number of benzene rings is 4. The molecular formula is C51H71N5O10S. The molecule has 16 heteroatoms. The second-order valence-corrected chi connectivity index (χ2v) is 18.8. The third-order valence-electron chi connectivity index (χ3n) is 12.0. The molecule has 0 aliphatic heterocycles. The van der Waals surface area contributed by atoms with Crippen LogP contribution in [0.3, 0.4) is 0 Å². The van der Waals surface area contributed by atoms with Crippen LogP contribution >= 0.6 is 0 Å². The molecule has 0 saturated carbocycles. The molecule has 15 nitrogen and oxygen atoms in total. The number of anilines is 1. The van der Waals surface area contributed by atoms with E-state index < -0.39 is 52.5 Å². The van der Waals surface area contributed by atoms with Gasteiger partial charge >= 0.3 is 10.3 Å². The van der Waals surface area contributed by atoms with Crippen molar-refractivity contribution in [3.63, 3.8) is 0 Å². The zero-order chi connectivity index (χ0) is 48.9. The summed E-state index contributed by atoms with van der Waals surface area (Å²) in [6.07, 6.45) is -0.908. The molecule has 0 spiro atoms. The molecule has 0 radical (unpaired) electrons. The molecule has 366 valence electrons. The van der Waals surface area contributed by atoms with Gasteiger partial charge in [0, 0.05) is 32.2 Å². The topological polar surface area (TPSA) is 205 Å². The van der Waals surface area contributed by atoms with Gasteiger partial charge < -0.3 is 35.3 Å². The van der Waals surface area contributed by atoms with E-state index in [0.29, 0.717) is 29.4 Å².